The third-order valence-electron chi connectivity index (χ3n) is 2.92. The lowest BCUT2D eigenvalue weighted by molar-refractivity contribution is 0.0930. The summed E-state index contributed by atoms with van der Waals surface area (Å²) in [5.41, 5.74) is 2.32. The lowest BCUT2D eigenvalue weighted by atomic mass is 10.1. The van der Waals surface area contributed by atoms with Crippen molar-refractivity contribution in [3.8, 4) is 0 Å². The lowest BCUT2D eigenvalue weighted by Crippen LogP contribution is -2.35. The minimum Gasteiger partial charge on any atom is -0.385 e. The molecule has 1 aromatic heterocycles. The third kappa shape index (κ3) is 2.98. The highest BCUT2D eigenvalue weighted by Crippen LogP contribution is 2.16. The van der Waals surface area contributed by atoms with Gasteiger partial charge in [-0.15, -0.1) is 0 Å². The minimum atomic E-state index is -0.0889. The van der Waals surface area contributed by atoms with Crippen LogP contribution in [0.1, 0.15) is 29.4 Å². The summed E-state index contributed by atoms with van der Waals surface area (Å²) in [6.07, 6.45) is 2.50. The predicted molar refractivity (Wildman–Crippen MR) is 69.8 cm³/mol. The number of aromatic nitrogens is 1. The van der Waals surface area contributed by atoms with Crippen LogP contribution in [0.25, 0.3) is 0 Å². The number of anilines is 1. The first-order valence-electron chi connectivity index (χ1n) is 6.30. The van der Waals surface area contributed by atoms with Crippen molar-refractivity contribution in [3.05, 3.63) is 23.5 Å². The molecule has 2 heterocycles. The molecule has 5 heteroatoms. The number of rotatable bonds is 4. The smallest absolute Gasteiger partial charge is 0.255 e. The van der Waals surface area contributed by atoms with Crippen molar-refractivity contribution in [2.24, 2.45) is 0 Å². The quantitative estimate of drug-likeness (QED) is 0.845. The Morgan fingerprint density at radius 1 is 1.61 bits per heavy atom. The van der Waals surface area contributed by atoms with Crippen molar-refractivity contribution in [2.75, 3.05) is 25.1 Å². The van der Waals surface area contributed by atoms with Crippen LogP contribution in [0, 0.1) is 6.92 Å². The Morgan fingerprint density at radius 2 is 2.44 bits per heavy atom. The zero-order chi connectivity index (χ0) is 13.0. The minimum absolute atomic E-state index is 0.0889. The molecule has 0 aliphatic carbocycles. The summed E-state index contributed by atoms with van der Waals surface area (Å²) in [6, 6.07) is 2.01. The summed E-state index contributed by atoms with van der Waals surface area (Å²) in [5, 5.41) is 6.16. The van der Waals surface area contributed by atoms with Gasteiger partial charge in [0.15, 0.2) is 0 Å². The van der Waals surface area contributed by atoms with Gasteiger partial charge in [-0.3, -0.25) is 9.78 Å². The van der Waals surface area contributed by atoms with Crippen molar-refractivity contribution in [1.29, 1.82) is 0 Å². The number of aryl methyl sites for hydroxylation is 1. The van der Waals surface area contributed by atoms with E-state index in [9.17, 15) is 4.79 Å². The van der Waals surface area contributed by atoms with Crippen molar-refractivity contribution in [1.82, 2.24) is 10.3 Å². The second-order valence-corrected chi connectivity index (χ2v) is 4.44. The highest BCUT2D eigenvalue weighted by Gasteiger charge is 2.20. The van der Waals surface area contributed by atoms with E-state index in [1.807, 2.05) is 19.9 Å². The Morgan fingerprint density at radius 3 is 3.11 bits per heavy atom. The molecular formula is C13H19N3O2. The molecule has 0 spiro atoms. The van der Waals surface area contributed by atoms with Gasteiger partial charge in [-0.25, -0.2) is 0 Å². The van der Waals surface area contributed by atoms with Gasteiger partial charge in [0.2, 0.25) is 0 Å². The van der Waals surface area contributed by atoms with Crippen LogP contribution in [0.5, 0.6) is 0 Å². The Balaban J connectivity index is 2.12. The molecule has 1 aliphatic rings. The van der Waals surface area contributed by atoms with Gasteiger partial charge in [-0.1, -0.05) is 0 Å². The molecule has 0 bridgehead atoms. The van der Waals surface area contributed by atoms with Crippen LogP contribution < -0.4 is 10.6 Å². The zero-order valence-electron chi connectivity index (χ0n) is 10.8. The average Bonchev–Trinajstić information content (AvgIpc) is 2.82. The summed E-state index contributed by atoms with van der Waals surface area (Å²) in [5.74, 6) is -0.0889. The van der Waals surface area contributed by atoms with Gasteiger partial charge >= 0.3 is 0 Å². The van der Waals surface area contributed by atoms with E-state index < -0.39 is 0 Å². The standard InChI is InChI=1S/C13H19N3O2/c1-3-14-12-6-9(2)15-7-11(12)13(17)16-10-4-5-18-8-10/h6-7,10H,3-5,8H2,1-2H3,(H,14,15)(H,16,17). The molecule has 1 saturated heterocycles. The molecule has 2 rings (SSSR count). The van der Waals surface area contributed by atoms with Gasteiger partial charge in [0.1, 0.15) is 0 Å². The second kappa shape index (κ2) is 5.82. The fraction of sp³-hybridized carbons (Fsp3) is 0.538. The molecule has 2 N–H and O–H groups in total. The number of nitrogens with one attached hydrogen (secondary N) is 2. The Kier molecular flexibility index (Phi) is 4.15. The molecule has 0 aromatic carbocycles. The van der Waals surface area contributed by atoms with Crippen LogP contribution in [0.4, 0.5) is 5.69 Å². The molecule has 1 unspecified atom stereocenters. The summed E-state index contributed by atoms with van der Waals surface area (Å²) in [4.78, 5) is 16.3. The van der Waals surface area contributed by atoms with E-state index in [1.54, 1.807) is 6.20 Å². The maximum Gasteiger partial charge on any atom is 0.255 e. The molecular weight excluding hydrogens is 230 g/mol. The lowest BCUT2D eigenvalue weighted by Gasteiger charge is -2.14. The molecule has 1 atom stereocenters. The van der Waals surface area contributed by atoms with Crippen molar-refractivity contribution in [3.63, 3.8) is 0 Å². The maximum absolute atomic E-state index is 12.2. The van der Waals surface area contributed by atoms with E-state index in [-0.39, 0.29) is 11.9 Å². The number of carbonyl (C=O) groups excluding carboxylic acids is 1. The van der Waals surface area contributed by atoms with Crippen molar-refractivity contribution >= 4 is 11.6 Å². The average molecular weight is 249 g/mol. The molecule has 5 nitrogen and oxygen atoms in total. The number of ether oxygens (including phenoxy) is 1. The van der Waals surface area contributed by atoms with Gasteiger partial charge in [0.05, 0.1) is 23.9 Å². The van der Waals surface area contributed by atoms with Crippen LogP contribution in [0.2, 0.25) is 0 Å². The van der Waals surface area contributed by atoms with Crippen LogP contribution in [-0.2, 0) is 4.74 Å². The monoisotopic (exact) mass is 249 g/mol. The van der Waals surface area contributed by atoms with Crippen LogP contribution in [0.15, 0.2) is 12.3 Å². The fourth-order valence-electron chi connectivity index (χ4n) is 1.99. The Labute approximate surface area is 107 Å². The first kappa shape index (κ1) is 12.8. The normalized spacial score (nSPS) is 18.7. The fourth-order valence-corrected chi connectivity index (χ4v) is 1.99. The first-order valence-corrected chi connectivity index (χ1v) is 6.30. The van der Waals surface area contributed by atoms with Crippen molar-refractivity contribution < 1.29 is 9.53 Å². The number of hydrogen-bond donors (Lipinski definition) is 2. The largest absolute Gasteiger partial charge is 0.385 e. The van der Waals surface area contributed by atoms with E-state index >= 15 is 0 Å². The molecule has 98 valence electrons. The van der Waals surface area contributed by atoms with Gasteiger partial charge in [-0.2, -0.15) is 0 Å². The SMILES string of the molecule is CCNc1cc(C)ncc1C(=O)NC1CCOC1. The van der Waals surface area contributed by atoms with E-state index in [1.165, 1.54) is 0 Å². The summed E-state index contributed by atoms with van der Waals surface area (Å²) in [6.45, 7) is 6.00. The van der Waals surface area contributed by atoms with Gasteiger partial charge in [0, 0.05) is 25.0 Å². The first-order chi connectivity index (χ1) is 8.70. The number of amides is 1. The maximum atomic E-state index is 12.2. The Hall–Kier alpha value is -1.62. The highest BCUT2D eigenvalue weighted by atomic mass is 16.5. The highest BCUT2D eigenvalue weighted by molar-refractivity contribution is 5.99. The van der Waals surface area contributed by atoms with Crippen LogP contribution in [-0.4, -0.2) is 36.7 Å². The van der Waals surface area contributed by atoms with E-state index in [2.05, 4.69) is 15.6 Å². The van der Waals surface area contributed by atoms with E-state index in [4.69, 9.17) is 4.74 Å². The molecule has 18 heavy (non-hydrogen) atoms. The predicted octanol–water partition coefficient (Wildman–Crippen LogP) is 1.34. The number of pyridine rings is 1. The second-order valence-electron chi connectivity index (χ2n) is 4.44. The topological polar surface area (TPSA) is 63.2 Å². The van der Waals surface area contributed by atoms with Gasteiger partial charge < -0.3 is 15.4 Å². The molecule has 1 amide bonds. The molecule has 1 aromatic rings. The van der Waals surface area contributed by atoms with Crippen LogP contribution in [0.3, 0.4) is 0 Å². The third-order valence-corrected chi connectivity index (χ3v) is 2.92. The van der Waals surface area contributed by atoms with E-state index in [0.29, 0.717) is 12.2 Å². The number of carbonyl (C=O) groups is 1. The van der Waals surface area contributed by atoms with E-state index in [0.717, 1.165) is 31.0 Å². The summed E-state index contributed by atoms with van der Waals surface area (Å²) >= 11 is 0. The molecule has 0 saturated carbocycles. The molecule has 1 fully saturated rings. The van der Waals surface area contributed by atoms with Gasteiger partial charge in [-0.05, 0) is 26.3 Å². The summed E-state index contributed by atoms with van der Waals surface area (Å²) < 4.78 is 5.24. The van der Waals surface area contributed by atoms with Crippen LogP contribution >= 0.6 is 0 Å². The molecule has 1 aliphatic heterocycles. The number of hydrogen-bond acceptors (Lipinski definition) is 4. The van der Waals surface area contributed by atoms with Gasteiger partial charge in [0.25, 0.3) is 5.91 Å². The zero-order valence-corrected chi connectivity index (χ0v) is 10.8. The Bertz CT molecular complexity index is 428. The van der Waals surface area contributed by atoms with Crippen molar-refractivity contribution in [2.45, 2.75) is 26.3 Å². The molecule has 0 radical (unpaired) electrons. The number of nitrogens with zero attached hydrogens (tertiary/aromatic N) is 1. The summed E-state index contributed by atoms with van der Waals surface area (Å²) in [7, 11) is 0.